The Morgan fingerprint density at radius 1 is 0.556 bits per heavy atom. The van der Waals surface area contributed by atoms with Crippen molar-refractivity contribution >= 4 is 61.3 Å². The van der Waals surface area contributed by atoms with Crippen molar-refractivity contribution in [1.82, 2.24) is 9.13 Å². The lowest BCUT2D eigenvalue weighted by molar-refractivity contribution is 1.02. The number of para-hydroxylation sites is 2. The standard InChI is InChI=1S/C42H29N3/c1-2-11-31(12-3-1)44-36-15-5-4-13-32(36)34-25-29(20-22-38(34)44)30-21-23-39-35(26-30)33-14-7-16-37(33)45(39)40-17-6-9-27-18-19-28-10-8-24-43-42(28)41(27)40/h1-15,17-23,25-26,43H,16,24H2. The molecular formula is C42H29N3. The van der Waals surface area contributed by atoms with Crippen molar-refractivity contribution in [3.63, 3.8) is 0 Å². The third-order valence-corrected chi connectivity index (χ3v) is 9.72. The molecule has 0 spiro atoms. The summed E-state index contributed by atoms with van der Waals surface area (Å²) in [7, 11) is 0. The highest BCUT2D eigenvalue weighted by Crippen LogP contribution is 2.42. The van der Waals surface area contributed by atoms with Crippen molar-refractivity contribution < 1.29 is 0 Å². The van der Waals surface area contributed by atoms with E-state index in [4.69, 9.17) is 0 Å². The second-order valence-corrected chi connectivity index (χ2v) is 12.1. The molecule has 45 heavy (non-hydrogen) atoms. The molecule has 0 radical (unpaired) electrons. The summed E-state index contributed by atoms with van der Waals surface area (Å²) < 4.78 is 4.89. The number of hydrogen-bond acceptors (Lipinski definition) is 1. The lowest BCUT2D eigenvalue weighted by atomic mass is 9.99. The van der Waals surface area contributed by atoms with Crippen LogP contribution in [0, 0.1) is 0 Å². The number of nitrogens with one attached hydrogen (secondary N) is 1. The number of rotatable bonds is 3. The fourth-order valence-corrected chi connectivity index (χ4v) is 7.74. The van der Waals surface area contributed by atoms with Crippen molar-refractivity contribution in [3.05, 3.63) is 150 Å². The van der Waals surface area contributed by atoms with Crippen LogP contribution in [-0.2, 0) is 6.42 Å². The second-order valence-electron chi connectivity index (χ2n) is 12.1. The van der Waals surface area contributed by atoms with E-state index in [0.29, 0.717) is 0 Å². The first kappa shape index (κ1) is 24.6. The summed E-state index contributed by atoms with van der Waals surface area (Å²) in [5.41, 5.74) is 13.8. The molecule has 212 valence electrons. The van der Waals surface area contributed by atoms with Crippen molar-refractivity contribution in [2.75, 3.05) is 11.9 Å². The zero-order valence-corrected chi connectivity index (χ0v) is 24.7. The van der Waals surface area contributed by atoms with Gasteiger partial charge in [-0.2, -0.15) is 0 Å². The monoisotopic (exact) mass is 575 g/mol. The van der Waals surface area contributed by atoms with Gasteiger partial charge in [0.25, 0.3) is 0 Å². The van der Waals surface area contributed by atoms with Gasteiger partial charge in [0.1, 0.15) is 0 Å². The van der Waals surface area contributed by atoms with Gasteiger partial charge in [-0.05, 0) is 70.6 Å². The molecule has 0 saturated heterocycles. The van der Waals surface area contributed by atoms with Crippen molar-refractivity contribution in [1.29, 1.82) is 0 Å². The van der Waals surface area contributed by atoms with E-state index in [1.54, 1.807) is 0 Å². The van der Waals surface area contributed by atoms with E-state index in [-0.39, 0.29) is 0 Å². The molecular weight excluding hydrogens is 546 g/mol. The van der Waals surface area contributed by atoms with E-state index < -0.39 is 0 Å². The van der Waals surface area contributed by atoms with Gasteiger partial charge in [-0.25, -0.2) is 0 Å². The Hall–Kier alpha value is -5.80. The number of aromatic nitrogens is 2. The highest BCUT2D eigenvalue weighted by Gasteiger charge is 2.23. The largest absolute Gasteiger partial charge is 0.381 e. The molecule has 10 rings (SSSR count). The van der Waals surface area contributed by atoms with Crippen LogP contribution in [0.5, 0.6) is 0 Å². The fourth-order valence-electron chi connectivity index (χ4n) is 7.74. The lowest BCUT2D eigenvalue weighted by Gasteiger charge is -2.20. The van der Waals surface area contributed by atoms with Crippen LogP contribution in [-0.4, -0.2) is 15.7 Å². The minimum Gasteiger partial charge on any atom is -0.381 e. The first-order valence-corrected chi connectivity index (χ1v) is 15.7. The molecule has 1 aliphatic heterocycles. The Labute approximate surface area is 261 Å². The number of nitrogens with zero attached hydrogens (tertiary/aromatic N) is 2. The van der Waals surface area contributed by atoms with Crippen LogP contribution in [0.1, 0.15) is 16.8 Å². The summed E-state index contributed by atoms with van der Waals surface area (Å²) in [5, 5.41) is 10.1. The zero-order valence-electron chi connectivity index (χ0n) is 24.7. The molecule has 0 fully saturated rings. The van der Waals surface area contributed by atoms with Crippen molar-refractivity contribution in [3.8, 4) is 22.5 Å². The topological polar surface area (TPSA) is 21.9 Å². The first-order valence-electron chi connectivity index (χ1n) is 15.7. The number of hydrogen-bond donors (Lipinski definition) is 1. The normalized spacial score (nSPS) is 13.6. The smallest absolute Gasteiger partial charge is 0.0558 e. The molecule has 6 aromatic carbocycles. The zero-order chi connectivity index (χ0) is 29.5. The molecule has 8 aromatic rings. The molecule has 3 nitrogen and oxygen atoms in total. The van der Waals surface area contributed by atoms with Gasteiger partial charge >= 0.3 is 0 Å². The van der Waals surface area contributed by atoms with E-state index in [0.717, 1.165) is 13.0 Å². The van der Waals surface area contributed by atoms with Gasteiger partial charge in [-0.15, -0.1) is 0 Å². The predicted molar refractivity (Wildman–Crippen MR) is 191 cm³/mol. The van der Waals surface area contributed by atoms with E-state index >= 15 is 0 Å². The summed E-state index contributed by atoms with van der Waals surface area (Å²) in [6.07, 6.45) is 9.99. The van der Waals surface area contributed by atoms with Gasteiger partial charge < -0.3 is 14.5 Å². The van der Waals surface area contributed by atoms with Gasteiger partial charge in [0.2, 0.25) is 0 Å². The molecule has 1 aliphatic carbocycles. The average molecular weight is 576 g/mol. The second kappa shape index (κ2) is 9.35. The molecule has 0 atom stereocenters. The fraction of sp³-hybridized carbons (Fsp3) is 0.0476. The average Bonchev–Trinajstić information content (AvgIpc) is 3.79. The lowest BCUT2D eigenvalue weighted by Crippen LogP contribution is -2.07. The van der Waals surface area contributed by atoms with E-state index in [9.17, 15) is 0 Å². The quantitative estimate of drug-likeness (QED) is 0.222. The maximum absolute atomic E-state index is 3.68. The summed E-state index contributed by atoms with van der Waals surface area (Å²) in [6.45, 7) is 0.851. The summed E-state index contributed by atoms with van der Waals surface area (Å²) in [5.74, 6) is 0. The number of benzene rings is 6. The molecule has 3 heteroatoms. The van der Waals surface area contributed by atoms with Gasteiger partial charge in [0, 0.05) is 51.5 Å². The van der Waals surface area contributed by atoms with Crippen LogP contribution in [0.25, 0.3) is 78.1 Å². The van der Waals surface area contributed by atoms with Gasteiger partial charge in [-0.1, -0.05) is 97.1 Å². The highest BCUT2D eigenvalue weighted by molar-refractivity contribution is 6.11. The molecule has 0 saturated carbocycles. The summed E-state index contributed by atoms with van der Waals surface area (Å²) in [6, 6.07) is 44.6. The van der Waals surface area contributed by atoms with E-state index in [1.807, 2.05) is 0 Å². The van der Waals surface area contributed by atoms with E-state index in [1.165, 1.54) is 88.5 Å². The Balaban J connectivity index is 1.18. The number of allylic oxidation sites excluding steroid dienone is 1. The van der Waals surface area contributed by atoms with Crippen LogP contribution >= 0.6 is 0 Å². The van der Waals surface area contributed by atoms with Crippen LogP contribution in [0.2, 0.25) is 0 Å². The highest BCUT2D eigenvalue weighted by atomic mass is 15.0. The minimum atomic E-state index is 0.851. The first-order chi connectivity index (χ1) is 22.3. The number of fused-ring (bicyclic) bond motifs is 9. The van der Waals surface area contributed by atoms with E-state index in [2.05, 4.69) is 160 Å². The van der Waals surface area contributed by atoms with Gasteiger partial charge in [-0.3, -0.25) is 0 Å². The van der Waals surface area contributed by atoms with Crippen LogP contribution < -0.4 is 5.32 Å². The summed E-state index contributed by atoms with van der Waals surface area (Å²) in [4.78, 5) is 0. The Bertz CT molecular complexity index is 2560. The number of anilines is 1. The Kier molecular flexibility index (Phi) is 5.11. The van der Waals surface area contributed by atoms with Crippen LogP contribution in [0.15, 0.2) is 133 Å². The van der Waals surface area contributed by atoms with Crippen LogP contribution in [0.3, 0.4) is 0 Å². The van der Waals surface area contributed by atoms with Crippen molar-refractivity contribution in [2.45, 2.75) is 6.42 Å². The van der Waals surface area contributed by atoms with Crippen LogP contribution in [0.4, 0.5) is 5.69 Å². The molecule has 0 bridgehead atoms. The van der Waals surface area contributed by atoms with Gasteiger partial charge in [0.05, 0.1) is 27.9 Å². The summed E-state index contributed by atoms with van der Waals surface area (Å²) >= 11 is 0. The van der Waals surface area contributed by atoms with Crippen molar-refractivity contribution in [2.24, 2.45) is 0 Å². The van der Waals surface area contributed by atoms with Gasteiger partial charge in [0.15, 0.2) is 0 Å². The molecule has 0 amide bonds. The maximum Gasteiger partial charge on any atom is 0.0558 e. The molecule has 2 aliphatic rings. The Morgan fingerprint density at radius 3 is 2.22 bits per heavy atom. The molecule has 3 heterocycles. The minimum absolute atomic E-state index is 0.851. The molecule has 1 N–H and O–H groups in total. The third-order valence-electron chi connectivity index (χ3n) is 9.72. The predicted octanol–water partition coefficient (Wildman–Crippen LogP) is 10.6. The SMILES string of the molecule is C1=Cc2ccc3cccc(-n4c5c(c6cc(-c7ccc8c(c7)c7ccccc7n8-c7ccccc7)ccc64)C=CC5)c3c2NC1. The third kappa shape index (κ3) is 3.52. The molecule has 2 aromatic heterocycles. The molecule has 0 unspecified atom stereocenters. The maximum atomic E-state index is 3.68. The Morgan fingerprint density at radius 2 is 1.33 bits per heavy atom.